The fourth-order valence-corrected chi connectivity index (χ4v) is 5.58. The van der Waals surface area contributed by atoms with Gasteiger partial charge in [-0.15, -0.1) is 11.8 Å². The number of rotatable bonds is 6. The molecule has 2 aliphatic heterocycles. The van der Waals surface area contributed by atoms with Gasteiger partial charge < -0.3 is 25.2 Å². The van der Waals surface area contributed by atoms with Crippen molar-refractivity contribution in [3.63, 3.8) is 0 Å². The Hall–Kier alpha value is -3.21. The number of hydrogen-bond acceptors (Lipinski definition) is 8. The Labute approximate surface area is 227 Å². The minimum atomic E-state index is -1.19. The second kappa shape index (κ2) is 10.9. The summed E-state index contributed by atoms with van der Waals surface area (Å²) in [7, 11) is 0. The fraction of sp³-hybridized carbons (Fsp3) is 0.556. The molecule has 10 nitrogen and oxygen atoms in total. The van der Waals surface area contributed by atoms with Crippen molar-refractivity contribution in [1.29, 1.82) is 0 Å². The number of nitrogens with one attached hydrogen (secondary N) is 2. The van der Waals surface area contributed by atoms with Crippen LogP contribution < -0.4 is 10.6 Å². The molecule has 0 spiro atoms. The second-order valence-electron chi connectivity index (χ2n) is 11.6. The van der Waals surface area contributed by atoms with Crippen LogP contribution in [0.25, 0.3) is 0 Å². The molecule has 0 aliphatic carbocycles. The third-order valence-corrected chi connectivity index (χ3v) is 7.04. The van der Waals surface area contributed by atoms with Crippen LogP contribution in [0.1, 0.15) is 67.0 Å². The first-order valence-corrected chi connectivity index (χ1v) is 13.5. The van der Waals surface area contributed by atoms with E-state index in [9.17, 15) is 24.3 Å². The molecule has 38 heavy (non-hydrogen) atoms. The maximum atomic E-state index is 13.4. The molecule has 1 aromatic carbocycles. The Morgan fingerprint density at radius 3 is 2.13 bits per heavy atom. The van der Waals surface area contributed by atoms with Crippen LogP contribution in [0.4, 0.5) is 4.79 Å². The van der Waals surface area contributed by atoms with Crippen molar-refractivity contribution < 1.29 is 33.8 Å². The van der Waals surface area contributed by atoms with Crippen molar-refractivity contribution in [2.75, 3.05) is 5.75 Å². The highest BCUT2D eigenvalue weighted by Gasteiger charge is 2.55. The number of esters is 1. The van der Waals surface area contributed by atoms with E-state index in [0.29, 0.717) is 11.3 Å². The summed E-state index contributed by atoms with van der Waals surface area (Å²) in [4.78, 5) is 53.7. The van der Waals surface area contributed by atoms with Gasteiger partial charge in [-0.1, -0.05) is 26.0 Å². The number of ether oxygens (including phenoxy) is 2. The Morgan fingerprint density at radius 2 is 1.61 bits per heavy atom. The number of β-lactam (4-membered cyclic amide) rings is 1. The lowest BCUT2D eigenvalue weighted by Crippen LogP contribution is -2.71. The summed E-state index contributed by atoms with van der Waals surface area (Å²) in [5.41, 5.74) is -0.0916. The minimum Gasteiger partial charge on any atom is -0.508 e. The Bertz CT molecular complexity index is 1130. The standard InChI is InChI=1S/C27H37N3O7S/c1-14(2)17-13-38-23-19(22(33)30(23)20(17)24(34)36-26(3,4)5)28-21(32)18(15-9-11-16(31)12-10-15)29-25(35)37-27(6,7)8/h9-12,14,18-19,23,31H,13H2,1-8H3,(H,28,32)(H,29,35)/t18-,19+,23+/m1/s1. The first-order chi connectivity index (χ1) is 17.5. The molecule has 2 heterocycles. The first-order valence-electron chi connectivity index (χ1n) is 12.5. The van der Waals surface area contributed by atoms with Crippen molar-refractivity contribution >= 4 is 35.6 Å². The van der Waals surface area contributed by atoms with Crippen LogP contribution >= 0.6 is 11.8 Å². The summed E-state index contributed by atoms with van der Waals surface area (Å²) in [5, 5.41) is 14.5. The van der Waals surface area contributed by atoms with Gasteiger partial charge in [0.15, 0.2) is 0 Å². The number of nitrogens with zero attached hydrogens (tertiary/aromatic N) is 1. The van der Waals surface area contributed by atoms with Crippen LogP contribution in [0.15, 0.2) is 35.5 Å². The molecular formula is C27H37N3O7S. The quantitative estimate of drug-likeness (QED) is 0.363. The SMILES string of the molecule is CC(C)C1=C(C(=O)OC(C)(C)C)N2C(=O)[C@H](NC(=O)[C@H](NC(=O)OC(C)(C)C)c3ccc(O)cc3)[C@@H]2SC1. The van der Waals surface area contributed by atoms with Crippen molar-refractivity contribution in [1.82, 2.24) is 15.5 Å². The van der Waals surface area contributed by atoms with Crippen LogP contribution in [0.3, 0.4) is 0 Å². The first kappa shape index (κ1) is 29.3. The molecule has 0 saturated carbocycles. The number of carbonyl (C=O) groups is 4. The molecule has 3 atom stereocenters. The van der Waals surface area contributed by atoms with Crippen LogP contribution in [0, 0.1) is 5.92 Å². The molecule has 3 amide bonds. The number of aromatic hydroxyl groups is 1. The molecular weight excluding hydrogens is 510 g/mol. The van der Waals surface area contributed by atoms with Crippen LogP contribution in [0.5, 0.6) is 5.75 Å². The molecule has 3 N–H and O–H groups in total. The lowest BCUT2D eigenvalue weighted by Gasteiger charge is -2.50. The van der Waals surface area contributed by atoms with Gasteiger partial charge in [0.1, 0.15) is 40.1 Å². The van der Waals surface area contributed by atoms with E-state index in [1.54, 1.807) is 41.5 Å². The number of amides is 3. The third kappa shape index (κ3) is 6.80. The lowest BCUT2D eigenvalue weighted by molar-refractivity contribution is -0.159. The van der Waals surface area contributed by atoms with Gasteiger partial charge >= 0.3 is 12.1 Å². The number of fused-ring (bicyclic) bond motifs is 1. The molecule has 3 rings (SSSR count). The van der Waals surface area contributed by atoms with Gasteiger partial charge in [-0.2, -0.15) is 0 Å². The van der Waals surface area contributed by atoms with E-state index in [2.05, 4.69) is 10.6 Å². The molecule has 0 aromatic heterocycles. The fourth-order valence-electron chi connectivity index (χ4n) is 4.03. The zero-order valence-electron chi connectivity index (χ0n) is 23.1. The van der Waals surface area contributed by atoms with Gasteiger partial charge in [0, 0.05) is 5.75 Å². The van der Waals surface area contributed by atoms with Gasteiger partial charge in [-0.05, 0) is 70.7 Å². The summed E-state index contributed by atoms with van der Waals surface area (Å²) in [5.74, 6) is -1.11. The molecule has 1 aromatic rings. The highest BCUT2D eigenvalue weighted by Crippen LogP contribution is 2.43. The van der Waals surface area contributed by atoms with E-state index >= 15 is 0 Å². The van der Waals surface area contributed by atoms with Gasteiger partial charge in [0.2, 0.25) is 5.91 Å². The molecule has 1 saturated heterocycles. The number of thioether (sulfide) groups is 1. The number of carbonyl (C=O) groups excluding carboxylic acids is 4. The van der Waals surface area contributed by atoms with Gasteiger partial charge in [0.05, 0.1) is 0 Å². The summed E-state index contributed by atoms with van der Waals surface area (Å²) in [6.45, 7) is 14.3. The average Bonchev–Trinajstić information content (AvgIpc) is 2.78. The topological polar surface area (TPSA) is 134 Å². The van der Waals surface area contributed by atoms with Crippen molar-refractivity contribution in [2.24, 2.45) is 5.92 Å². The summed E-state index contributed by atoms with van der Waals surface area (Å²) < 4.78 is 10.9. The van der Waals surface area contributed by atoms with E-state index in [0.717, 1.165) is 5.57 Å². The Kier molecular flexibility index (Phi) is 8.40. The molecule has 208 valence electrons. The minimum absolute atomic E-state index is 0.00369. The number of benzene rings is 1. The molecule has 11 heteroatoms. The van der Waals surface area contributed by atoms with Gasteiger partial charge in [-0.25, -0.2) is 9.59 Å². The predicted octanol–water partition coefficient (Wildman–Crippen LogP) is 3.61. The summed E-state index contributed by atoms with van der Waals surface area (Å²) >= 11 is 1.45. The van der Waals surface area contributed by atoms with Crippen molar-refractivity contribution in [3.05, 3.63) is 41.1 Å². The molecule has 1 fully saturated rings. The van der Waals surface area contributed by atoms with Gasteiger partial charge in [-0.3, -0.25) is 14.5 Å². The number of phenols is 1. The predicted molar refractivity (Wildman–Crippen MR) is 143 cm³/mol. The van der Waals surface area contributed by atoms with Crippen LogP contribution in [-0.2, 0) is 23.9 Å². The van der Waals surface area contributed by atoms with E-state index < -0.39 is 52.5 Å². The lowest BCUT2D eigenvalue weighted by atomic mass is 9.96. The monoisotopic (exact) mass is 547 g/mol. The normalized spacial score (nSPS) is 20.3. The van der Waals surface area contributed by atoms with E-state index in [1.165, 1.54) is 40.9 Å². The molecule has 2 aliphatic rings. The number of hydrogen-bond donors (Lipinski definition) is 3. The zero-order chi connectivity index (χ0) is 28.6. The van der Waals surface area contributed by atoms with Crippen LogP contribution in [-0.4, -0.2) is 62.3 Å². The average molecular weight is 548 g/mol. The van der Waals surface area contributed by atoms with Crippen molar-refractivity contribution in [3.8, 4) is 5.75 Å². The molecule has 0 bridgehead atoms. The summed E-state index contributed by atoms with van der Waals surface area (Å²) in [6, 6.07) is 3.70. The van der Waals surface area contributed by atoms with Crippen molar-refractivity contribution in [2.45, 2.75) is 84.0 Å². The largest absolute Gasteiger partial charge is 0.508 e. The number of phenolic OH excluding ortho intramolecular Hbond substituents is 1. The molecule has 0 unspecified atom stereocenters. The molecule has 0 radical (unpaired) electrons. The van der Waals surface area contributed by atoms with E-state index in [4.69, 9.17) is 9.47 Å². The van der Waals surface area contributed by atoms with E-state index in [1.807, 2.05) is 13.8 Å². The summed E-state index contributed by atoms with van der Waals surface area (Å²) in [6.07, 6.45) is -0.809. The maximum Gasteiger partial charge on any atom is 0.408 e. The number of alkyl carbamates (subject to hydrolysis) is 1. The third-order valence-electron chi connectivity index (χ3n) is 5.73. The zero-order valence-corrected chi connectivity index (χ0v) is 23.9. The smallest absolute Gasteiger partial charge is 0.408 e. The van der Waals surface area contributed by atoms with Gasteiger partial charge in [0.25, 0.3) is 5.91 Å². The Balaban J connectivity index is 1.83. The maximum absolute atomic E-state index is 13.4. The van der Waals surface area contributed by atoms with E-state index in [-0.39, 0.29) is 17.4 Å². The second-order valence-corrected chi connectivity index (χ2v) is 12.7. The Morgan fingerprint density at radius 1 is 1.03 bits per heavy atom. The highest BCUT2D eigenvalue weighted by molar-refractivity contribution is 8.00. The highest BCUT2D eigenvalue weighted by atomic mass is 32.2. The van der Waals surface area contributed by atoms with Crippen LogP contribution in [0.2, 0.25) is 0 Å².